The van der Waals surface area contributed by atoms with E-state index in [-0.39, 0.29) is 12.1 Å². The summed E-state index contributed by atoms with van der Waals surface area (Å²) in [7, 11) is 1.43. The predicted molar refractivity (Wildman–Crippen MR) is 98.7 cm³/mol. The molecule has 4 rings (SSSR count). The number of H-pyrrole nitrogens is 1. The van der Waals surface area contributed by atoms with Gasteiger partial charge in [-0.15, -0.1) is 0 Å². The first kappa shape index (κ1) is 16.6. The van der Waals surface area contributed by atoms with Crippen molar-refractivity contribution in [2.45, 2.75) is 38.8 Å². The molecular weight excluding hydrogens is 330 g/mol. The standard InChI is InChI=1S/C19H23N5O2/c1-3-24-18(16-10-6-7-11-23(16)19(25)26-2)21-17(22-24)14-12-20-15-9-5-4-8-13(14)15/h4-5,8-9,12,16,20H,3,6-7,10-11H2,1-2H3. The van der Waals surface area contributed by atoms with Crippen molar-refractivity contribution < 1.29 is 9.53 Å². The number of aryl methyl sites for hydroxylation is 1. The molecule has 1 atom stereocenters. The third-order valence-corrected chi connectivity index (χ3v) is 5.04. The van der Waals surface area contributed by atoms with Crippen LogP contribution in [-0.2, 0) is 11.3 Å². The van der Waals surface area contributed by atoms with E-state index in [0.29, 0.717) is 18.9 Å². The van der Waals surface area contributed by atoms with Gasteiger partial charge in [-0.3, -0.25) is 4.90 Å². The number of amides is 1. The molecule has 0 spiro atoms. The molecule has 1 N–H and O–H groups in total. The van der Waals surface area contributed by atoms with E-state index < -0.39 is 0 Å². The van der Waals surface area contributed by atoms with Crippen molar-refractivity contribution in [1.29, 1.82) is 0 Å². The summed E-state index contributed by atoms with van der Waals surface area (Å²) in [5, 5.41) is 5.82. The van der Waals surface area contributed by atoms with Crippen LogP contribution in [0.5, 0.6) is 0 Å². The molecule has 1 aliphatic heterocycles. The summed E-state index contributed by atoms with van der Waals surface area (Å²) in [6, 6.07) is 8.02. The Morgan fingerprint density at radius 1 is 1.35 bits per heavy atom. The Morgan fingerprint density at radius 3 is 3.00 bits per heavy atom. The number of para-hydroxylation sites is 1. The Labute approximate surface area is 152 Å². The van der Waals surface area contributed by atoms with E-state index in [1.165, 1.54) is 7.11 Å². The average molecular weight is 353 g/mol. The molecular formula is C19H23N5O2. The third kappa shape index (κ3) is 2.73. The van der Waals surface area contributed by atoms with Crippen molar-refractivity contribution in [2.24, 2.45) is 0 Å². The molecule has 0 radical (unpaired) electrons. The van der Waals surface area contributed by atoms with Crippen molar-refractivity contribution >= 4 is 17.0 Å². The number of rotatable bonds is 3. The van der Waals surface area contributed by atoms with E-state index in [1.807, 2.05) is 36.0 Å². The maximum absolute atomic E-state index is 12.2. The second-order valence-corrected chi connectivity index (χ2v) is 6.53. The first-order valence-corrected chi connectivity index (χ1v) is 9.08. The second-order valence-electron chi connectivity index (χ2n) is 6.53. The molecule has 1 unspecified atom stereocenters. The largest absolute Gasteiger partial charge is 0.453 e. The highest BCUT2D eigenvalue weighted by atomic mass is 16.5. The molecule has 26 heavy (non-hydrogen) atoms. The molecule has 0 bridgehead atoms. The fourth-order valence-corrected chi connectivity index (χ4v) is 3.74. The number of piperidine rings is 1. The number of hydrogen-bond acceptors (Lipinski definition) is 4. The fraction of sp³-hybridized carbons (Fsp3) is 0.421. The van der Waals surface area contributed by atoms with Gasteiger partial charge < -0.3 is 9.72 Å². The zero-order valence-electron chi connectivity index (χ0n) is 15.1. The number of likely N-dealkylation sites (tertiary alicyclic amines) is 1. The van der Waals surface area contributed by atoms with Gasteiger partial charge in [0.1, 0.15) is 0 Å². The number of fused-ring (bicyclic) bond motifs is 1. The van der Waals surface area contributed by atoms with Gasteiger partial charge in [0.2, 0.25) is 0 Å². The van der Waals surface area contributed by atoms with Crippen LogP contribution < -0.4 is 0 Å². The van der Waals surface area contributed by atoms with Crippen molar-refractivity contribution in [3.8, 4) is 11.4 Å². The molecule has 136 valence electrons. The highest BCUT2D eigenvalue weighted by molar-refractivity contribution is 5.93. The second kappa shape index (κ2) is 6.82. The number of nitrogens with one attached hydrogen (secondary N) is 1. The molecule has 1 fully saturated rings. The molecule has 7 nitrogen and oxygen atoms in total. The van der Waals surface area contributed by atoms with Crippen molar-refractivity contribution in [1.82, 2.24) is 24.6 Å². The van der Waals surface area contributed by atoms with Crippen LogP contribution in [0.3, 0.4) is 0 Å². The van der Waals surface area contributed by atoms with Gasteiger partial charge in [0.05, 0.1) is 13.2 Å². The van der Waals surface area contributed by atoms with Gasteiger partial charge in [-0.1, -0.05) is 18.2 Å². The summed E-state index contributed by atoms with van der Waals surface area (Å²) >= 11 is 0. The van der Waals surface area contributed by atoms with Crippen molar-refractivity contribution in [3.05, 3.63) is 36.3 Å². The number of aromatic amines is 1. The molecule has 0 saturated carbocycles. The summed E-state index contributed by atoms with van der Waals surface area (Å²) in [5.41, 5.74) is 2.04. The molecule has 7 heteroatoms. The number of carbonyl (C=O) groups excluding carboxylic acids is 1. The molecule has 1 aliphatic rings. The first-order chi connectivity index (χ1) is 12.7. The lowest BCUT2D eigenvalue weighted by atomic mass is 10.0. The molecule has 2 aromatic heterocycles. The molecule has 3 aromatic rings. The van der Waals surface area contributed by atoms with Crippen LogP contribution in [0.2, 0.25) is 0 Å². The van der Waals surface area contributed by atoms with Crippen LogP contribution in [0.15, 0.2) is 30.5 Å². The van der Waals surface area contributed by atoms with E-state index in [0.717, 1.165) is 41.6 Å². The van der Waals surface area contributed by atoms with Crippen LogP contribution in [0, 0.1) is 0 Å². The number of nitrogens with zero attached hydrogens (tertiary/aromatic N) is 4. The summed E-state index contributed by atoms with van der Waals surface area (Å²) in [4.78, 5) is 22.1. The maximum atomic E-state index is 12.2. The maximum Gasteiger partial charge on any atom is 0.410 e. The Bertz CT molecular complexity index is 929. The lowest BCUT2D eigenvalue weighted by Crippen LogP contribution is -2.39. The SMILES string of the molecule is CCn1nc(-c2c[nH]c3ccccc23)nc1C1CCCCN1C(=O)OC. The summed E-state index contributed by atoms with van der Waals surface area (Å²) in [6.45, 7) is 3.44. The molecule has 0 aliphatic carbocycles. The predicted octanol–water partition coefficient (Wildman–Crippen LogP) is 3.74. The van der Waals surface area contributed by atoms with Crippen molar-refractivity contribution in [2.75, 3.05) is 13.7 Å². The quantitative estimate of drug-likeness (QED) is 0.778. The van der Waals surface area contributed by atoms with Crippen LogP contribution in [0.4, 0.5) is 4.79 Å². The van der Waals surface area contributed by atoms with E-state index in [4.69, 9.17) is 14.8 Å². The lowest BCUT2D eigenvalue weighted by Gasteiger charge is -2.33. The zero-order valence-corrected chi connectivity index (χ0v) is 15.1. The van der Waals surface area contributed by atoms with Gasteiger partial charge in [-0.25, -0.2) is 14.5 Å². The number of benzene rings is 1. The zero-order chi connectivity index (χ0) is 18.1. The minimum atomic E-state index is -0.297. The van der Waals surface area contributed by atoms with Crippen molar-refractivity contribution in [3.63, 3.8) is 0 Å². The van der Waals surface area contributed by atoms with Gasteiger partial charge in [-0.2, -0.15) is 5.10 Å². The Kier molecular flexibility index (Phi) is 4.36. The summed E-state index contributed by atoms with van der Waals surface area (Å²) in [6.07, 6.45) is 4.58. The van der Waals surface area contributed by atoms with E-state index >= 15 is 0 Å². The normalized spacial score (nSPS) is 17.6. The van der Waals surface area contributed by atoms with Gasteiger partial charge in [0.15, 0.2) is 11.6 Å². The minimum absolute atomic E-state index is 0.0948. The number of ether oxygens (including phenoxy) is 1. The fourth-order valence-electron chi connectivity index (χ4n) is 3.74. The van der Waals surface area contributed by atoms with Gasteiger partial charge >= 0.3 is 6.09 Å². The number of hydrogen-bond donors (Lipinski definition) is 1. The molecule has 3 heterocycles. The summed E-state index contributed by atoms with van der Waals surface area (Å²) < 4.78 is 6.88. The van der Waals surface area contributed by atoms with Crippen LogP contribution >= 0.6 is 0 Å². The molecule has 1 amide bonds. The smallest absolute Gasteiger partial charge is 0.410 e. The van der Waals surface area contributed by atoms with Crippen LogP contribution in [-0.4, -0.2) is 44.4 Å². The highest BCUT2D eigenvalue weighted by Gasteiger charge is 2.32. The number of methoxy groups -OCH3 is 1. The van der Waals surface area contributed by atoms with Crippen LogP contribution in [0.25, 0.3) is 22.3 Å². The Balaban J connectivity index is 1.77. The first-order valence-electron chi connectivity index (χ1n) is 9.08. The Morgan fingerprint density at radius 2 is 2.19 bits per heavy atom. The minimum Gasteiger partial charge on any atom is -0.453 e. The van der Waals surface area contributed by atoms with Gasteiger partial charge in [0.25, 0.3) is 0 Å². The Hall–Kier alpha value is -2.83. The molecule has 1 aromatic carbocycles. The van der Waals surface area contributed by atoms with Gasteiger partial charge in [-0.05, 0) is 32.3 Å². The average Bonchev–Trinajstić information content (AvgIpc) is 3.31. The summed E-state index contributed by atoms with van der Waals surface area (Å²) in [5.74, 6) is 1.52. The van der Waals surface area contributed by atoms with E-state index in [2.05, 4.69) is 11.1 Å². The third-order valence-electron chi connectivity index (χ3n) is 5.04. The lowest BCUT2D eigenvalue weighted by molar-refractivity contribution is 0.0855. The topological polar surface area (TPSA) is 76.0 Å². The van der Waals surface area contributed by atoms with Gasteiger partial charge in [0, 0.05) is 35.8 Å². The monoisotopic (exact) mass is 353 g/mol. The molecule has 1 saturated heterocycles. The highest BCUT2D eigenvalue weighted by Crippen LogP contribution is 2.33. The van der Waals surface area contributed by atoms with Crippen LogP contribution in [0.1, 0.15) is 38.1 Å². The number of carbonyl (C=O) groups is 1. The number of aromatic nitrogens is 4. The van der Waals surface area contributed by atoms with E-state index in [9.17, 15) is 4.79 Å². The van der Waals surface area contributed by atoms with E-state index in [1.54, 1.807) is 4.90 Å².